The Labute approximate surface area is 168 Å². The number of nitrogens with one attached hydrogen (secondary N) is 3. The van der Waals surface area contributed by atoms with Gasteiger partial charge in [-0.25, -0.2) is 9.59 Å². The highest BCUT2D eigenvalue weighted by Gasteiger charge is 2.41. The molecule has 0 aliphatic heterocycles. The summed E-state index contributed by atoms with van der Waals surface area (Å²) in [4.78, 5) is 36.9. The zero-order chi connectivity index (χ0) is 20.8. The largest absolute Gasteiger partial charge is 0.480 e. The predicted octanol–water partition coefficient (Wildman–Crippen LogP) is 3.74. The number of carbonyl (C=O) groups is 3. The van der Waals surface area contributed by atoms with Crippen LogP contribution in [-0.2, 0) is 9.59 Å². The van der Waals surface area contributed by atoms with E-state index in [1.165, 1.54) is 0 Å². The van der Waals surface area contributed by atoms with Crippen molar-refractivity contribution in [1.82, 2.24) is 10.6 Å². The molecule has 0 aliphatic carbocycles. The molecule has 0 fully saturated rings. The first-order chi connectivity index (χ1) is 12.4. The van der Waals surface area contributed by atoms with E-state index < -0.39 is 34.9 Å². The third-order valence-electron chi connectivity index (χ3n) is 4.49. The van der Waals surface area contributed by atoms with Crippen molar-refractivity contribution in [3.63, 3.8) is 0 Å². The molecule has 1 rings (SSSR count). The smallest absolute Gasteiger partial charge is 0.326 e. The van der Waals surface area contributed by atoms with Crippen LogP contribution in [0.25, 0.3) is 0 Å². The summed E-state index contributed by atoms with van der Waals surface area (Å²) in [6.07, 6.45) is 0.638. The van der Waals surface area contributed by atoms with Crippen molar-refractivity contribution in [3.05, 3.63) is 28.7 Å². The number of hydrogen-bond donors (Lipinski definition) is 4. The third-order valence-corrected chi connectivity index (χ3v) is 5.01. The molecule has 3 amide bonds. The van der Waals surface area contributed by atoms with Crippen LogP contribution in [0.1, 0.15) is 47.5 Å². The van der Waals surface area contributed by atoms with Gasteiger partial charge in [0.05, 0.1) is 0 Å². The lowest BCUT2D eigenvalue weighted by atomic mass is 9.85. The average Bonchev–Trinajstić information content (AvgIpc) is 2.58. The van der Waals surface area contributed by atoms with Crippen LogP contribution < -0.4 is 16.0 Å². The van der Waals surface area contributed by atoms with Crippen LogP contribution in [0.4, 0.5) is 10.5 Å². The molecule has 8 heteroatoms. The normalized spacial score (nSPS) is 12.8. The molecule has 150 valence electrons. The number of urea groups is 1. The first-order valence-corrected chi connectivity index (χ1v) is 9.63. The van der Waals surface area contributed by atoms with Crippen molar-refractivity contribution in [2.45, 2.75) is 59.0 Å². The predicted molar refractivity (Wildman–Crippen MR) is 109 cm³/mol. The molecule has 27 heavy (non-hydrogen) atoms. The highest BCUT2D eigenvalue weighted by atomic mass is 79.9. The lowest BCUT2D eigenvalue weighted by molar-refractivity contribution is -0.146. The van der Waals surface area contributed by atoms with Gasteiger partial charge in [-0.2, -0.15) is 0 Å². The summed E-state index contributed by atoms with van der Waals surface area (Å²) in [7, 11) is 0. The molecular weight excluding hydrogens is 414 g/mol. The molecular formula is C19H28BrN3O4. The lowest BCUT2D eigenvalue weighted by Crippen LogP contribution is -2.63. The topological polar surface area (TPSA) is 108 Å². The van der Waals surface area contributed by atoms with Crippen molar-refractivity contribution >= 4 is 39.5 Å². The van der Waals surface area contributed by atoms with E-state index in [-0.39, 0.29) is 0 Å². The number of carboxylic acids is 1. The maximum atomic E-state index is 12.9. The second kappa shape index (κ2) is 9.21. The van der Waals surface area contributed by atoms with Crippen LogP contribution in [0.3, 0.4) is 0 Å². The van der Waals surface area contributed by atoms with Gasteiger partial charge in [-0.15, -0.1) is 0 Å². The molecule has 0 aromatic heterocycles. The molecule has 0 bridgehead atoms. The van der Waals surface area contributed by atoms with E-state index in [1.54, 1.807) is 58.9 Å². The molecule has 1 unspecified atom stereocenters. The first-order valence-electron chi connectivity index (χ1n) is 8.83. The number of hydrogen-bond acceptors (Lipinski definition) is 3. The number of amides is 3. The Morgan fingerprint density at radius 1 is 1.07 bits per heavy atom. The molecule has 1 atom stereocenters. The zero-order valence-electron chi connectivity index (χ0n) is 16.4. The van der Waals surface area contributed by atoms with Gasteiger partial charge in [0.1, 0.15) is 11.6 Å². The molecule has 0 saturated heterocycles. The Bertz CT molecular complexity index is 679. The first kappa shape index (κ1) is 23.0. The Morgan fingerprint density at radius 3 is 2.00 bits per heavy atom. The van der Waals surface area contributed by atoms with E-state index in [0.717, 1.165) is 4.47 Å². The van der Waals surface area contributed by atoms with Crippen molar-refractivity contribution < 1.29 is 19.5 Å². The van der Waals surface area contributed by atoms with E-state index in [0.29, 0.717) is 18.5 Å². The van der Waals surface area contributed by atoms with Gasteiger partial charge in [-0.05, 0) is 42.5 Å². The SMILES string of the molecule is CCC(CC)(NC(=O)Nc1ccc(Br)cc1)C(=O)NC(C(=O)O)C(C)(C)C. The summed E-state index contributed by atoms with van der Waals surface area (Å²) >= 11 is 3.32. The molecule has 0 aliphatic rings. The van der Waals surface area contributed by atoms with Gasteiger partial charge < -0.3 is 21.1 Å². The minimum absolute atomic E-state index is 0.319. The summed E-state index contributed by atoms with van der Waals surface area (Å²) in [6.45, 7) is 8.75. The molecule has 1 aromatic rings. The van der Waals surface area contributed by atoms with Gasteiger partial charge in [0.15, 0.2) is 0 Å². The van der Waals surface area contributed by atoms with Crippen LogP contribution in [0, 0.1) is 5.41 Å². The molecule has 0 heterocycles. The maximum absolute atomic E-state index is 12.9. The average molecular weight is 442 g/mol. The second-order valence-corrected chi connectivity index (χ2v) is 8.40. The Morgan fingerprint density at radius 2 is 1.59 bits per heavy atom. The van der Waals surface area contributed by atoms with Crippen LogP contribution in [0.5, 0.6) is 0 Å². The van der Waals surface area contributed by atoms with Crippen LogP contribution >= 0.6 is 15.9 Å². The van der Waals surface area contributed by atoms with Gasteiger partial charge in [0.25, 0.3) is 0 Å². The minimum Gasteiger partial charge on any atom is -0.480 e. The summed E-state index contributed by atoms with van der Waals surface area (Å²) in [6, 6.07) is 5.43. The van der Waals surface area contributed by atoms with Gasteiger partial charge in [0.2, 0.25) is 5.91 Å². The van der Waals surface area contributed by atoms with E-state index in [2.05, 4.69) is 31.9 Å². The maximum Gasteiger partial charge on any atom is 0.326 e. The number of anilines is 1. The second-order valence-electron chi connectivity index (χ2n) is 7.49. The van der Waals surface area contributed by atoms with Crippen LogP contribution in [-0.4, -0.2) is 34.6 Å². The standard InChI is InChI=1S/C19H28BrN3O4/c1-6-19(7-2,16(26)22-14(15(24)25)18(3,4)5)23-17(27)21-13-10-8-12(20)9-11-13/h8-11,14H,6-7H2,1-5H3,(H,22,26)(H,24,25)(H2,21,23,27). The van der Waals surface area contributed by atoms with E-state index in [1.807, 2.05) is 0 Å². The van der Waals surface area contributed by atoms with Crippen molar-refractivity contribution in [3.8, 4) is 0 Å². The molecule has 4 N–H and O–H groups in total. The van der Waals surface area contributed by atoms with E-state index >= 15 is 0 Å². The number of halogens is 1. The molecule has 0 spiro atoms. The van der Waals surface area contributed by atoms with Crippen LogP contribution in [0.15, 0.2) is 28.7 Å². The Hall–Kier alpha value is -2.09. The molecule has 1 aromatic carbocycles. The summed E-state index contributed by atoms with van der Waals surface area (Å²) < 4.78 is 0.881. The van der Waals surface area contributed by atoms with Crippen molar-refractivity contribution in [2.24, 2.45) is 5.41 Å². The Kier molecular flexibility index (Phi) is 7.83. The number of aliphatic carboxylic acids is 1. The summed E-state index contributed by atoms with van der Waals surface area (Å²) in [5, 5.41) is 17.4. The molecule has 0 saturated carbocycles. The third kappa shape index (κ3) is 6.23. The number of rotatable bonds is 7. The quantitative estimate of drug-likeness (QED) is 0.516. The summed E-state index contributed by atoms with van der Waals surface area (Å²) in [5.41, 5.74) is -1.30. The van der Waals surface area contributed by atoms with Crippen molar-refractivity contribution in [1.29, 1.82) is 0 Å². The summed E-state index contributed by atoms with van der Waals surface area (Å²) in [5.74, 6) is -1.63. The fourth-order valence-electron chi connectivity index (χ4n) is 2.64. The van der Waals surface area contributed by atoms with Gasteiger partial charge in [-0.3, -0.25) is 4.79 Å². The van der Waals surface area contributed by atoms with E-state index in [4.69, 9.17) is 0 Å². The fraction of sp³-hybridized carbons (Fsp3) is 0.526. The highest BCUT2D eigenvalue weighted by molar-refractivity contribution is 9.10. The van der Waals surface area contributed by atoms with Crippen LogP contribution in [0.2, 0.25) is 0 Å². The van der Waals surface area contributed by atoms with Gasteiger partial charge >= 0.3 is 12.0 Å². The Balaban J connectivity index is 2.95. The van der Waals surface area contributed by atoms with Gasteiger partial charge in [0, 0.05) is 10.2 Å². The fourth-order valence-corrected chi connectivity index (χ4v) is 2.90. The monoisotopic (exact) mass is 441 g/mol. The van der Waals surface area contributed by atoms with Gasteiger partial charge in [-0.1, -0.05) is 50.5 Å². The molecule has 7 nitrogen and oxygen atoms in total. The number of carboxylic acid groups (broad SMARTS) is 1. The number of benzene rings is 1. The molecule has 0 radical (unpaired) electrons. The van der Waals surface area contributed by atoms with Crippen molar-refractivity contribution in [2.75, 3.05) is 5.32 Å². The highest BCUT2D eigenvalue weighted by Crippen LogP contribution is 2.23. The zero-order valence-corrected chi connectivity index (χ0v) is 17.9. The van der Waals surface area contributed by atoms with E-state index in [9.17, 15) is 19.5 Å². The lowest BCUT2D eigenvalue weighted by Gasteiger charge is -2.35. The number of carbonyl (C=O) groups excluding carboxylic acids is 2. The minimum atomic E-state index is -1.21.